The van der Waals surface area contributed by atoms with Crippen molar-refractivity contribution < 1.29 is 4.79 Å². The maximum Gasteiger partial charge on any atom is 0.237 e. The predicted molar refractivity (Wildman–Crippen MR) is 82.6 cm³/mol. The molecular weight excluding hydrogens is 278 g/mol. The zero-order valence-corrected chi connectivity index (χ0v) is 13.3. The van der Waals surface area contributed by atoms with E-state index < -0.39 is 0 Å². The van der Waals surface area contributed by atoms with Crippen LogP contribution in [0.1, 0.15) is 35.8 Å². The van der Waals surface area contributed by atoms with Gasteiger partial charge in [-0.1, -0.05) is 0 Å². The number of fused-ring (bicyclic) bond motifs is 6. The fraction of sp³-hybridized carbons (Fsp3) is 0.562. The Bertz CT molecular complexity index is 750. The second kappa shape index (κ2) is 4.78. The lowest BCUT2D eigenvalue weighted by Gasteiger charge is -2.36. The number of carbonyl (C=O) groups excluding carboxylic acids is 1. The largest absolute Gasteiger partial charge is 0.331 e. The van der Waals surface area contributed by atoms with Crippen molar-refractivity contribution in [3.8, 4) is 0 Å². The van der Waals surface area contributed by atoms with Crippen molar-refractivity contribution in [3.63, 3.8) is 0 Å². The molecule has 6 nitrogen and oxygen atoms in total. The summed E-state index contributed by atoms with van der Waals surface area (Å²) in [4.78, 5) is 21.2. The Morgan fingerprint density at radius 3 is 3.00 bits per heavy atom. The molecule has 0 saturated carbocycles. The first-order valence-corrected chi connectivity index (χ1v) is 7.84. The van der Waals surface area contributed by atoms with Crippen LogP contribution in [0, 0.1) is 6.92 Å². The molecule has 0 N–H and O–H groups in total. The monoisotopic (exact) mass is 299 g/mol. The summed E-state index contributed by atoms with van der Waals surface area (Å²) in [5, 5.41) is 4.58. The Morgan fingerprint density at radius 2 is 2.23 bits per heavy atom. The highest BCUT2D eigenvalue weighted by atomic mass is 16.2. The van der Waals surface area contributed by atoms with Gasteiger partial charge in [0.1, 0.15) is 0 Å². The van der Waals surface area contributed by atoms with Gasteiger partial charge in [-0.15, -0.1) is 0 Å². The summed E-state index contributed by atoms with van der Waals surface area (Å²) < 4.78 is 1.98. The van der Waals surface area contributed by atoms with Crippen LogP contribution in [0.4, 0.5) is 0 Å². The lowest BCUT2D eigenvalue weighted by Crippen LogP contribution is -2.46. The van der Waals surface area contributed by atoms with Crippen LogP contribution in [-0.2, 0) is 11.2 Å². The molecule has 2 aliphatic rings. The molecule has 2 aliphatic heterocycles. The number of carbonyl (C=O) groups is 1. The summed E-state index contributed by atoms with van der Waals surface area (Å²) in [7, 11) is 3.88. The second-order valence-electron chi connectivity index (χ2n) is 6.71. The zero-order chi connectivity index (χ0) is 15.4. The summed E-state index contributed by atoms with van der Waals surface area (Å²) in [6, 6.07) is 2.48. The molecule has 0 radical (unpaired) electrons. The predicted octanol–water partition coefficient (Wildman–Crippen LogP) is 1.19. The van der Waals surface area contributed by atoms with Crippen LogP contribution in [0.3, 0.4) is 0 Å². The van der Waals surface area contributed by atoms with Gasteiger partial charge in [0.15, 0.2) is 5.65 Å². The number of hydrogen-bond donors (Lipinski definition) is 0. The molecule has 2 aromatic heterocycles. The summed E-state index contributed by atoms with van der Waals surface area (Å²) in [6.07, 6.45) is 4.93. The van der Waals surface area contributed by atoms with Crippen molar-refractivity contribution in [2.75, 3.05) is 20.6 Å². The van der Waals surface area contributed by atoms with Crippen LogP contribution in [0.25, 0.3) is 5.65 Å². The summed E-state index contributed by atoms with van der Waals surface area (Å²) in [6.45, 7) is 2.46. The molecule has 22 heavy (non-hydrogen) atoms. The van der Waals surface area contributed by atoms with Gasteiger partial charge >= 0.3 is 0 Å². The van der Waals surface area contributed by atoms with Gasteiger partial charge in [-0.25, -0.2) is 9.50 Å². The molecule has 1 amide bonds. The molecule has 6 heteroatoms. The van der Waals surface area contributed by atoms with E-state index >= 15 is 0 Å². The van der Waals surface area contributed by atoms with Crippen molar-refractivity contribution in [3.05, 3.63) is 29.2 Å². The minimum atomic E-state index is 0.169. The van der Waals surface area contributed by atoms with Gasteiger partial charge in [0.2, 0.25) is 5.91 Å². The first kappa shape index (κ1) is 13.7. The Labute approximate surface area is 129 Å². The van der Waals surface area contributed by atoms with Crippen LogP contribution in [0.15, 0.2) is 12.3 Å². The first-order chi connectivity index (χ1) is 10.5. The van der Waals surface area contributed by atoms with Crippen molar-refractivity contribution in [1.29, 1.82) is 0 Å². The average Bonchev–Trinajstić information content (AvgIpc) is 2.97. The number of nitrogens with zero attached hydrogens (tertiary/aromatic N) is 5. The van der Waals surface area contributed by atoms with Gasteiger partial charge in [-0.05, 0) is 33.9 Å². The van der Waals surface area contributed by atoms with E-state index in [0.717, 1.165) is 30.6 Å². The number of likely N-dealkylation sites (N-methyl/N-ethyl adjacent to an activating group) is 1. The molecule has 0 aliphatic carbocycles. The summed E-state index contributed by atoms with van der Waals surface area (Å²) >= 11 is 0. The quantitative estimate of drug-likeness (QED) is 0.836. The van der Waals surface area contributed by atoms with E-state index in [9.17, 15) is 4.79 Å². The van der Waals surface area contributed by atoms with Gasteiger partial charge in [0.05, 0.1) is 24.0 Å². The normalized spacial score (nSPS) is 23.4. The molecule has 2 bridgehead atoms. The van der Waals surface area contributed by atoms with E-state index in [4.69, 9.17) is 0 Å². The van der Waals surface area contributed by atoms with Gasteiger partial charge in [-0.3, -0.25) is 4.79 Å². The number of aromatic nitrogens is 3. The summed E-state index contributed by atoms with van der Waals surface area (Å²) in [5.74, 6) is 0.222. The molecule has 0 aromatic carbocycles. The van der Waals surface area contributed by atoms with E-state index in [0.29, 0.717) is 12.6 Å². The van der Waals surface area contributed by atoms with E-state index in [1.54, 1.807) is 0 Å². The molecular formula is C16H21N5O. The maximum atomic E-state index is 12.6. The van der Waals surface area contributed by atoms with E-state index in [-0.39, 0.29) is 11.9 Å². The van der Waals surface area contributed by atoms with Crippen LogP contribution in [-0.4, -0.2) is 57.0 Å². The molecule has 2 atom stereocenters. The van der Waals surface area contributed by atoms with E-state index in [1.165, 1.54) is 11.3 Å². The number of amides is 1. The molecule has 1 fully saturated rings. The van der Waals surface area contributed by atoms with Gasteiger partial charge in [0.25, 0.3) is 0 Å². The standard InChI is InChI=1S/C16H21N5O/c1-10-6-15-17-8-12-13-5-4-11(7-14(12)21(15)18-10)20(13)16(22)9-19(2)3/h6,8,11,13H,4-5,7,9H2,1-3H3/t11-,13+/m0/s1. The molecule has 1 saturated heterocycles. The molecule has 4 rings (SSSR count). The minimum absolute atomic E-state index is 0.169. The average molecular weight is 299 g/mol. The molecule has 116 valence electrons. The Morgan fingerprint density at radius 1 is 1.41 bits per heavy atom. The van der Waals surface area contributed by atoms with Crippen LogP contribution < -0.4 is 0 Å². The number of rotatable bonds is 2. The third-order valence-corrected chi connectivity index (χ3v) is 4.77. The van der Waals surface area contributed by atoms with Gasteiger partial charge in [-0.2, -0.15) is 5.10 Å². The third kappa shape index (κ3) is 1.94. The zero-order valence-electron chi connectivity index (χ0n) is 13.3. The molecule has 2 aromatic rings. The van der Waals surface area contributed by atoms with Crippen LogP contribution in [0.5, 0.6) is 0 Å². The topological polar surface area (TPSA) is 53.7 Å². The Hall–Kier alpha value is -1.95. The minimum Gasteiger partial charge on any atom is -0.331 e. The van der Waals surface area contributed by atoms with Crippen LogP contribution in [0.2, 0.25) is 0 Å². The van der Waals surface area contributed by atoms with Crippen molar-refractivity contribution in [1.82, 2.24) is 24.4 Å². The Kier molecular flexibility index (Phi) is 2.97. The molecule has 0 spiro atoms. The van der Waals surface area contributed by atoms with Crippen molar-refractivity contribution in [2.45, 2.75) is 38.3 Å². The lowest BCUT2D eigenvalue weighted by molar-refractivity contribution is -0.135. The Balaban J connectivity index is 1.77. The second-order valence-corrected chi connectivity index (χ2v) is 6.71. The summed E-state index contributed by atoms with van der Waals surface area (Å²) in [5.41, 5.74) is 4.30. The smallest absolute Gasteiger partial charge is 0.237 e. The highest BCUT2D eigenvalue weighted by molar-refractivity contribution is 5.80. The number of hydrogen-bond acceptors (Lipinski definition) is 4. The van der Waals surface area contributed by atoms with Gasteiger partial charge in [0, 0.05) is 30.3 Å². The molecule has 0 unspecified atom stereocenters. The fourth-order valence-corrected chi connectivity index (χ4v) is 3.93. The van der Waals surface area contributed by atoms with Crippen molar-refractivity contribution in [2.24, 2.45) is 0 Å². The SMILES string of the molecule is Cc1cc2ncc3c(n2n1)C[C@@H]1CC[C@H]3N1C(=O)CN(C)C. The van der Waals surface area contributed by atoms with E-state index in [1.807, 2.05) is 42.7 Å². The number of aryl methyl sites for hydroxylation is 1. The van der Waals surface area contributed by atoms with Crippen molar-refractivity contribution >= 4 is 11.6 Å². The fourth-order valence-electron chi connectivity index (χ4n) is 3.93. The highest BCUT2D eigenvalue weighted by Crippen LogP contribution is 2.43. The molecule has 4 heterocycles. The first-order valence-electron chi connectivity index (χ1n) is 7.84. The highest BCUT2D eigenvalue weighted by Gasteiger charge is 2.43. The third-order valence-electron chi connectivity index (χ3n) is 4.77. The van der Waals surface area contributed by atoms with E-state index in [2.05, 4.69) is 15.0 Å². The maximum absolute atomic E-state index is 12.6. The lowest BCUT2D eigenvalue weighted by atomic mass is 9.99. The van der Waals surface area contributed by atoms with Gasteiger partial charge < -0.3 is 9.80 Å². The van der Waals surface area contributed by atoms with Crippen LogP contribution >= 0.6 is 0 Å².